The molecule has 0 spiro atoms. The number of hydrogen-bond acceptors (Lipinski definition) is 5. The number of nitrogens with one attached hydrogen (secondary N) is 2. The fraction of sp³-hybridized carbons (Fsp3) is 0.259. The number of ether oxygens (including phenoxy) is 2. The molecule has 0 aromatic heterocycles. The summed E-state index contributed by atoms with van der Waals surface area (Å²) >= 11 is 0. The van der Waals surface area contributed by atoms with Crippen LogP contribution in [0.3, 0.4) is 0 Å². The predicted molar refractivity (Wildman–Crippen MR) is 134 cm³/mol. The molecule has 1 fully saturated rings. The zero-order chi connectivity index (χ0) is 23.8. The van der Waals surface area contributed by atoms with Gasteiger partial charge in [0.25, 0.3) is 5.91 Å². The van der Waals surface area contributed by atoms with Gasteiger partial charge in [0, 0.05) is 30.6 Å². The molecule has 1 aliphatic heterocycles. The fourth-order valence-electron chi connectivity index (χ4n) is 3.72. The lowest BCUT2D eigenvalue weighted by Crippen LogP contribution is -2.26. The van der Waals surface area contributed by atoms with E-state index in [4.69, 9.17) is 9.47 Å². The molecule has 1 heterocycles. The largest absolute Gasteiger partial charge is 0.489 e. The summed E-state index contributed by atoms with van der Waals surface area (Å²) in [6, 6.07) is 23.9. The smallest absolute Gasteiger partial charge is 0.258 e. The molecule has 0 aliphatic carbocycles. The standard InChI is InChI=1S/C27H29N3O4/c1-30(22-8-3-2-4-9-22)27(32)20-13-15-21(16-14-20)28-18-26(31)29-24-11-5-6-12-25(24)34-19-23-10-7-17-33-23/h2-6,8-9,11-16,23,28H,7,10,17-19H2,1H3,(H,29,31). The Kier molecular flexibility index (Phi) is 7.78. The Morgan fingerprint density at radius 2 is 1.74 bits per heavy atom. The van der Waals surface area contributed by atoms with Crippen LogP contribution in [0, 0.1) is 0 Å². The second-order valence-corrected chi connectivity index (χ2v) is 8.12. The van der Waals surface area contributed by atoms with Gasteiger partial charge in [-0.3, -0.25) is 9.59 Å². The minimum Gasteiger partial charge on any atom is -0.489 e. The third-order valence-electron chi connectivity index (χ3n) is 5.64. The maximum absolute atomic E-state index is 12.7. The van der Waals surface area contributed by atoms with Gasteiger partial charge in [-0.2, -0.15) is 0 Å². The van der Waals surface area contributed by atoms with E-state index in [0.717, 1.165) is 30.8 Å². The maximum atomic E-state index is 12.7. The fourth-order valence-corrected chi connectivity index (χ4v) is 3.72. The van der Waals surface area contributed by atoms with Gasteiger partial charge in [-0.1, -0.05) is 30.3 Å². The molecule has 4 rings (SSSR count). The molecule has 1 atom stereocenters. The zero-order valence-corrected chi connectivity index (χ0v) is 19.2. The highest BCUT2D eigenvalue weighted by Crippen LogP contribution is 2.25. The van der Waals surface area contributed by atoms with Gasteiger partial charge in [-0.25, -0.2) is 0 Å². The molecule has 3 aromatic carbocycles. The van der Waals surface area contributed by atoms with E-state index in [1.54, 1.807) is 36.2 Å². The van der Waals surface area contributed by atoms with E-state index in [9.17, 15) is 9.59 Å². The van der Waals surface area contributed by atoms with Gasteiger partial charge in [-0.15, -0.1) is 0 Å². The Balaban J connectivity index is 1.28. The first-order chi connectivity index (χ1) is 16.6. The van der Waals surface area contributed by atoms with E-state index in [0.29, 0.717) is 23.6 Å². The third kappa shape index (κ3) is 6.14. The van der Waals surface area contributed by atoms with Crippen molar-refractivity contribution >= 4 is 28.9 Å². The van der Waals surface area contributed by atoms with Gasteiger partial charge in [-0.05, 0) is 61.4 Å². The predicted octanol–water partition coefficient (Wildman–Crippen LogP) is 4.57. The Bertz CT molecular complexity index is 1100. The Hall–Kier alpha value is -3.84. The molecule has 176 valence electrons. The highest BCUT2D eigenvalue weighted by molar-refractivity contribution is 6.05. The van der Waals surface area contributed by atoms with Crippen LogP contribution >= 0.6 is 0 Å². The van der Waals surface area contributed by atoms with E-state index < -0.39 is 0 Å². The topological polar surface area (TPSA) is 79.9 Å². The summed E-state index contributed by atoms with van der Waals surface area (Å²) in [5, 5.41) is 5.98. The van der Waals surface area contributed by atoms with Gasteiger partial charge in [0.15, 0.2) is 0 Å². The Morgan fingerprint density at radius 1 is 1.00 bits per heavy atom. The monoisotopic (exact) mass is 459 g/mol. The lowest BCUT2D eigenvalue weighted by atomic mass is 10.1. The molecular formula is C27H29N3O4. The molecule has 0 saturated carbocycles. The number of anilines is 3. The van der Waals surface area contributed by atoms with Crippen LogP contribution in [0.4, 0.5) is 17.1 Å². The average molecular weight is 460 g/mol. The normalized spacial score (nSPS) is 14.9. The van der Waals surface area contributed by atoms with Crippen LogP contribution in [0.5, 0.6) is 5.75 Å². The number of carbonyl (C=O) groups excluding carboxylic acids is 2. The Morgan fingerprint density at radius 3 is 2.47 bits per heavy atom. The van der Waals surface area contributed by atoms with Gasteiger partial charge >= 0.3 is 0 Å². The number of carbonyl (C=O) groups is 2. The minimum absolute atomic E-state index is 0.0806. The maximum Gasteiger partial charge on any atom is 0.258 e. The highest BCUT2D eigenvalue weighted by atomic mass is 16.5. The first kappa shape index (κ1) is 23.3. The summed E-state index contributed by atoms with van der Waals surface area (Å²) < 4.78 is 11.5. The van der Waals surface area contributed by atoms with Crippen molar-refractivity contribution in [3.63, 3.8) is 0 Å². The van der Waals surface area contributed by atoms with Crippen LogP contribution in [0.25, 0.3) is 0 Å². The SMILES string of the molecule is CN(C(=O)c1ccc(NCC(=O)Nc2ccccc2OCC2CCCO2)cc1)c1ccccc1. The summed E-state index contributed by atoms with van der Waals surface area (Å²) in [6.07, 6.45) is 2.15. The van der Waals surface area contributed by atoms with Crippen molar-refractivity contribution in [3.8, 4) is 5.75 Å². The van der Waals surface area contributed by atoms with Crippen LogP contribution in [0.15, 0.2) is 78.9 Å². The third-order valence-corrected chi connectivity index (χ3v) is 5.64. The van der Waals surface area contributed by atoms with Crippen molar-refractivity contribution in [2.75, 3.05) is 42.3 Å². The molecule has 2 amide bonds. The van der Waals surface area contributed by atoms with Crippen LogP contribution in [-0.2, 0) is 9.53 Å². The van der Waals surface area contributed by atoms with Crippen molar-refractivity contribution in [3.05, 3.63) is 84.4 Å². The second-order valence-electron chi connectivity index (χ2n) is 8.12. The summed E-state index contributed by atoms with van der Waals surface area (Å²) in [5.74, 6) is 0.323. The van der Waals surface area contributed by atoms with E-state index in [2.05, 4.69) is 10.6 Å². The summed E-state index contributed by atoms with van der Waals surface area (Å²) in [4.78, 5) is 26.8. The van der Waals surface area contributed by atoms with Gasteiger partial charge in [0.2, 0.25) is 5.91 Å². The summed E-state index contributed by atoms with van der Waals surface area (Å²) in [7, 11) is 1.75. The van der Waals surface area contributed by atoms with Crippen LogP contribution in [0.1, 0.15) is 23.2 Å². The van der Waals surface area contributed by atoms with Gasteiger partial charge in [0.05, 0.1) is 18.3 Å². The van der Waals surface area contributed by atoms with Crippen molar-refractivity contribution in [2.24, 2.45) is 0 Å². The number of nitrogens with zero attached hydrogens (tertiary/aromatic N) is 1. The first-order valence-corrected chi connectivity index (χ1v) is 11.4. The summed E-state index contributed by atoms with van der Waals surface area (Å²) in [6.45, 7) is 1.32. The van der Waals surface area contributed by atoms with Crippen molar-refractivity contribution < 1.29 is 19.1 Å². The number of para-hydroxylation sites is 3. The Labute approximate surface area is 199 Å². The van der Waals surface area contributed by atoms with E-state index in [1.165, 1.54) is 0 Å². The number of rotatable bonds is 9. The molecule has 1 aliphatic rings. The molecule has 2 N–H and O–H groups in total. The lowest BCUT2D eigenvalue weighted by molar-refractivity contribution is -0.114. The van der Waals surface area contributed by atoms with E-state index >= 15 is 0 Å². The van der Waals surface area contributed by atoms with Crippen LogP contribution in [-0.4, -0.2) is 44.7 Å². The van der Waals surface area contributed by atoms with Crippen molar-refractivity contribution in [2.45, 2.75) is 18.9 Å². The van der Waals surface area contributed by atoms with Crippen LogP contribution in [0.2, 0.25) is 0 Å². The minimum atomic E-state index is -0.197. The average Bonchev–Trinajstić information content (AvgIpc) is 3.41. The molecule has 1 unspecified atom stereocenters. The van der Waals surface area contributed by atoms with Crippen molar-refractivity contribution in [1.82, 2.24) is 0 Å². The number of hydrogen-bond donors (Lipinski definition) is 2. The van der Waals surface area contributed by atoms with Crippen LogP contribution < -0.4 is 20.3 Å². The molecule has 7 heteroatoms. The van der Waals surface area contributed by atoms with Gasteiger partial charge in [0.1, 0.15) is 12.4 Å². The molecular weight excluding hydrogens is 430 g/mol. The molecule has 1 saturated heterocycles. The highest BCUT2D eigenvalue weighted by Gasteiger charge is 2.17. The van der Waals surface area contributed by atoms with E-state index in [-0.39, 0.29) is 24.5 Å². The van der Waals surface area contributed by atoms with Crippen molar-refractivity contribution in [1.29, 1.82) is 0 Å². The number of amides is 2. The lowest BCUT2D eigenvalue weighted by Gasteiger charge is -2.17. The number of benzene rings is 3. The van der Waals surface area contributed by atoms with E-state index in [1.807, 2.05) is 54.6 Å². The zero-order valence-electron chi connectivity index (χ0n) is 19.2. The summed E-state index contributed by atoms with van der Waals surface area (Å²) in [5.41, 5.74) is 2.76. The first-order valence-electron chi connectivity index (χ1n) is 11.4. The quantitative estimate of drug-likeness (QED) is 0.490. The molecule has 7 nitrogen and oxygen atoms in total. The molecule has 3 aromatic rings. The molecule has 0 radical (unpaired) electrons. The molecule has 0 bridgehead atoms. The molecule has 34 heavy (non-hydrogen) atoms. The van der Waals surface area contributed by atoms with Gasteiger partial charge < -0.3 is 25.0 Å². The second kappa shape index (κ2) is 11.3.